The number of halogens is 2. The maximum atomic E-state index is 13.0. The van der Waals surface area contributed by atoms with Crippen LogP contribution in [0.25, 0.3) is 0 Å². The Morgan fingerprint density at radius 1 is 1.25 bits per heavy atom. The molecular weight excluding hydrogens is 279 g/mol. The fourth-order valence-electron chi connectivity index (χ4n) is 1.62. The Balaban J connectivity index is 2.01. The summed E-state index contributed by atoms with van der Waals surface area (Å²) in [6, 6.07) is 12.7. The zero-order chi connectivity index (χ0) is 14.5. The van der Waals surface area contributed by atoms with Crippen molar-refractivity contribution >= 4 is 17.5 Å². The van der Waals surface area contributed by atoms with E-state index >= 15 is 0 Å². The smallest absolute Gasteiger partial charge is 0.251 e. The van der Waals surface area contributed by atoms with Crippen LogP contribution in [-0.4, -0.2) is 5.91 Å². The molecule has 5 heteroatoms. The van der Waals surface area contributed by atoms with Crippen LogP contribution in [0.1, 0.15) is 21.5 Å². The number of carbonyl (C=O) groups is 1. The van der Waals surface area contributed by atoms with Crippen molar-refractivity contribution in [1.29, 1.82) is 5.26 Å². The van der Waals surface area contributed by atoms with Gasteiger partial charge in [-0.15, -0.1) is 0 Å². The van der Waals surface area contributed by atoms with E-state index in [0.717, 1.165) is 11.6 Å². The molecule has 0 aliphatic rings. The van der Waals surface area contributed by atoms with Crippen LogP contribution in [0.5, 0.6) is 0 Å². The number of nitrogens with one attached hydrogen (secondary N) is 1. The predicted octanol–water partition coefficient (Wildman–Crippen LogP) is 3.28. The Morgan fingerprint density at radius 3 is 2.55 bits per heavy atom. The highest BCUT2D eigenvalue weighted by Crippen LogP contribution is 2.16. The quantitative estimate of drug-likeness (QED) is 0.942. The number of nitriles is 1. The van der Waals surface area contributed by atoms with Crippen LogP contribution in [-0.2, 0) is 6.54 Å². The largest absolute Gasteiger partial charge is 0.348 e. The van der Waals surface area contributed by atoms with Crippen molar-refractivity contribution in [3.63, 3.8) is 0 Å². The first kappa shape index (κ1) is 14.0. The van der Waals surface area contributed by atoms with E-state index in [1.54, 1.807) is 24.3 Å². The summed E-state index contributed by atoms with van der Waals surface area (Å²) < 4.78 is 13.0. The minimum absolute atomic E-state index is 0.0870. The van der Waals surface area contributed by atoms with Gasteiger partial charge in [-0.2, -0.15) is 5.26 Å². The van der Waals surface area contributed by atoms with Gasteiger partial charge in [0, 0.05) is 12.1 Å². The van der Waals surface area contributed by atoms with Crippen molar-refractivity contribution in [2.75, 3.05) is 0 Å². The fourth-order valence-corrected chi connectivity index (χ4v) is 1.80. The summed E-state index contributed by atoms with van der Waals surface area (Å²) in [4.78, 5) is 11.9. The Hall–Kier alpha value is -2.38. The van der Waals surface area contributed by atoms with E-state index < -0.39 is 5.82 Å². The van der Waals surface area contributed by atoms with Crippen LogP contribution in [0.3, 0.4) is 0 Å². The van der Waals surface area contributed by atoms with Gasteiger partial charge in [-0.05, 0) is 35.9 Å². The van der Waals surface area contributed by atoms with Gasteiger partial charge in [0.2, 0.25) is 0 Å². The van der Waals surface area contributed by atoms with E-state index in [0.29, 0.717) is 17.7 Å². The zero-order valence-corrected chi connectivity index (χ0v) is 11.1. The summed E-state index contributed by atoms with van der Waals surface area (Å²) in [6.07, 6.45) is 0. The number of hydrogen-bond donors (Lipinski definition) is 1. The molecule has 0 bridgehead atoms. The second kappa shape index (κ2) is 6.18. The second-order valence-corrected chi connectivity index (χ2v) is 4.53. The average molecular weight is 289 g/mol. The highest BCUT2D eigenvalue weighted by Gasteiger charge is 2.08. The summed E-state index contributed by atoms with van der Waals surface area (Å²) in [5.41, 5.74) is 1.72. The molecule has 0 unspecified atom stereocenters. The average Bonchev–Trinajstić information content (AvgIpc) is 2.48. The number of benzene rings is 2. The monoisotopic (exact) mass is 288 g/mol. The normalized spacial score (nSPS) is 9.85. The first-order chi connectivity index (χ1) is 9.60. The lowest BCUT2D eigenvalue weighted by Gasteiger charge is -2.06. The highest BCUT2D eigenvalue weighted by atomic mass is 35.5. The predicted molar refractivity (Wildman–Crippen MR) is 73.7 cm³/mol. The molecule has 0 aliphatic heterocycles. The molecule has 2 rings (SSSR count). The molecular formula is C15H10ClFN2O. The minimum atomic E-state index is -0.560. The molecule has 0 saturated heterocycles. The highest BCUT2D eigenvalue weighted by molar-refractivity contribution is 6.31. The van der Waals surface area contributed by atoms with Crippen LogP contribution in [0.4, 0.5) is 4.39 Å². The summed E-state index contributed by atoms with van der Waals surface area (Å²) in [6.45, 7) is 0.319. The van der Waals surface area contributed by atoms with Gasteiger partial charge >= 0.3 is 0 Å². The lowest BCUT2D eigenvalue weighted by atomic mass is 10.1. The van der Waals surface area contributed by atoms with Gasteiger partial charge in [-0.25, -0.2) is 4.39 Å². The van der Waals surface area contributed by atoms with Gasteiger partial charge in [0.1, 0.15) is 5.82 Å². The number of nitrogens with zero attached hydrogens (tertiary/aromatic N) is 1. The molecule has 20 heavy (non-hydrogen) atoms. The van der Waals surface area contributed by atoms with Crippen molar-refractivity contribution in [3.8, 4) is 6.07 Å². The molecule has 0 radical (unpaired) electrons. The first-order valence-electron chi connectivity index (χ1n) is 5.82. The van der Waals surface area contributed by atoms with Gasteiger partial charge in [0.15, 0.2) is 0 Å². The Bertz CT molecular complexity index is 677. The number of carbonyl (C=O) groups excluding carboxylic acids is 1. The summed E-state index contributed by atoms with van der Waals surface area (Å²) in [5, 5.41) is 11.3. The molecule has 2 aromatic carbocycles. The third-order valence-corrected chi connectivity index (χ3v) is 3.01. The van der Waals surface area contributed by atoms with Gasteiger partial charge in [-0.1, -0.05) is 23.7 Å². The molecule has 3 nitrogen and oxygen atoms in total. The Morgan fingerprint density at radius 2 is 1.95 bits per heavy atom. The summed E-state index contributed by atoms with van der Waals surface area (Å²) >= 11 is 5.62. The van der Waals surface area contributed by atoms with Gasteiger partial charge < -0.3 is 5.32 Å². The zero-order valence-electron chi connectivity index (χ0n) is 10.4. The molecule has 0 aromatic heterocycles. The molecule has 2 aromatic rings. The SMILES string of the molecule is N#Cc1ccc(CNC(=O)c2ccc(F)c(Cl)c2)cc1. The van der Waals surface area contributed by atoms with Crippen molar-refractivity contribution in [2.24, 2.45) is 0 Å². The minimum Gasteiger partial charge on any atom is -0.348 e. The Labute approximate surface area is 120 Å². The van der Waals surface area contributed by atoms with Crippen LogP contribution in [0.15, 0.2) is 42.5 Å². The van der Waals surface area contributed by atoms with Crippen molar-refractivity contribution < 1.29 is 9.18 Å². The first-order valence-corrected chi connectivity index (χ1v) is 6.20. The van der Waals surface area contributed by atoms with E-state index in [1.807, 2.05) is 6.07 Å². The molecule has 0 aliphatic carbocycles. The van der Waals surface area contributed by atoms with Crippen LogP contribution in [0, 0.1) is 17.1 Å². The lowest BCUT2D eigenvalue weighted by molar-refractivity contribution is 0.0951. The van der Waals surface area contributed by atoms with E-state index in [-0.39, 0.29) is 10.9 Å². The van der Waals surface area contributed by atoms with Crippen LogP contribution in [0.2, 0.25) is 5.02 Å². The molecule has 1 N–H and O–H groups in total. The molecule has 0 fully saturated rings. The molecule has 0 heterocycles. The van der Waals surface area contributed by atoms with Gasteiger partial charge in [0.05, 0.1) is 16.7 Å². The van der Waals surface area contributed by atoms with E-state index in [2.05, 4.69) is 5.32 Å². The summed E-state index contributed by atoms with van der Waals surface area (Å²) in [7, 11) is 0. The second-order valence-electron chi connectivity index (χ2n) is 4.12. The number of amides is 1. The molecule has 0 spiro atoms. The van der Waals surface area contributed by atoms with Crippen LogP contribution < -0.4 is 5.32 Å². The third-order valence-electron chi connectivity index (χ3n) is 2.72. The van der Waals surface area contributed by atoms with Crippen molar-refractivity contribution in [3.05, 3.63) is 70.0 Å². The van der Waals surface area contributed by atoms with Crippen molar-refractivity contribution in [1.82, 2.24) is 5.32 Å². The topological polar surface area (TPSA) is 52.9 Å². The third kappa shape index (κ3) is 3.34. The van der Waals surface area contributed by atoms with Crippen LogP contribution >= 0.6 is 11.6 Å². The molecule has 1 amide bonds. The fraction of sp³-hybridized carbons (Fsp3) is 0.0667. The molecule has 100 valence electrons. The number of rotatable bonds is 3. The molecule has 0 atom stereocenters. The lowest BCUT2D eigenvalue weighted by Crippen LogP contribution is -2.22. The maximum Gasteiger partial charge on any atom is 0.251 e. The summed E-state index contributed by atoms with van der Waals surface area (Å²) in [5.74, 6) is -0.897. The molecule has 0 saturated carbocycles. The Kier molecular flexibility index (Phi) is 4.34. The van der Waals surface area contributed by atoms with E-state index in [4.69, 9.17) is 16.9 Å². The standard InChI is InChI=1S/C15H10ClFN2O/c16-13-7-12(5-6-14(13)17)15(20)19-9-11-3-1-10(8-18)2-4-11/h1-7H,9H2,(H,19,20). The number of hydrogen-bond acceptors (Lipinski definition) is 2. The van der Waals surface area contributed by atoms with E-state index in [9.17, 15) is 9.18 Å². The van der Waals surface area contributed by atoms with Crippen molar-refractivity contribution in [2.45, 2.75) is 6.54 Å². The van der Waals surface area contributed by atoms with Gasteiger partial charge in [-0.3, -0.25) is 4.79 Å². The maximum absolute atomic E-state index is 13.0. The van der Waals surface area contributed by atoms with Gasteiger partial charge in [0.25, 0.3) is 5.91 Å². The van der Waals surface area contributed by atoms with E-state index in [1.165, 1.54) is 12.1 Å².